The number of rotatable bonds is 7. The number of pyridine rings is 1. The molecule has 3 heterocycles. The minimum Gasteiger partial charge on any atom is -0.466 e. The van der Waals surface area contributed by atoms with Gasteiger partial charge < -0.3 is 19.5 Å². The molecule has 0 radical (unpaired) electrons. The first kappa shape index (κ1) is 22.8. The van der Waals surface area contributed by atoms with E-state index in [1.54, 1.807) is 17.9 Å². The number of amides is 2. The van der Waals surface area contributed by atoms with E-state index in [-0.39, 0.29) is 42.7 Å². The van der Waals surface area contributed by atoms with Crippen LogP contribution in [0.1, 0.15) is 19.2 Å². The van der Waals surface area contributed by atoms with Gasteiger partial charge >= 0.3 is 18.2 Å². The van der Waals surface area contributed by atoms with Crippen LogP contribution in [-0.2, 0) is 22.3 Å². The summed E-state index contributed by atoms with van der Waals surface area (Å²) in [4.78, 5) is 34.9. The molecule has 1 saturated heterocycles. The van der Waals surface area contributed by atoms with Gasteiger partial charge in [0.05, 0.1) is 13.0 Å². The largest absolute Gasteiger partial charge is 0.466 e. The van der Waals surface area contributed by atoms with Crippen molar-refractivity contribution in [2.45, 2.75) is 26.1 Å². The first-order valence-corrected chi connectivity index (χ1v) is 10.1. The van der Waals surface area contributed by atoms with Crippen LogP contribution in [0.4, 0.5) is 18.0 Å². The van der Waals surface area contributed by atoms with Gasteiger partial charge in [-0.2, -0.15) is 13.2 Å². The molecule has 1 fully saturated rings. The van der Waals surface area contributed by atoms with E-state index in [1.807, 2.05) is 4.90 Å². The van der Waals surface area contributed by atoms with Crippen molar-refractivity contribution >= 4 is 23.2 Å². The van der Waals surface area contributed by atoms with Crippen molar-refractivity contribution in [1.29, 1.82) is 0 Å². The van der Waals surface area contributed by atoms with Crippen LogP contribution in [-0.4, -0.2) is 82.2 Å². The second-order valence-corrected chi connectivity index (χ2v) is 7.05. The number of nitrogens with zero attached hydrogens (tertiary/aromatic N) is 5. The van der Waals surface area contributed by atoms with Gasteiger partial charge in [-0.15, -0.1) is 0 Å². The molecule has 0 aromatic carbocycles. The summed E-state index contributed by atoms with van der Waals surface area (Å²) in [5, 5.41) is 2.68. The molecule has 2 aromatic rings. The third-order valence-corrected chi connectivity index (χ3v) is 4.97. The molecular weight excluding hydrogens is 417 g/mol. The lowest BCUT2D eigenvalue weighted by Crippen LogP contribution is -2.52. The predicted octanol–water partition coefficient (Wildman–Crippen LogP) is 1.73. The van der Waals surface area contributed by atoms with E-state index in [2.05, 4.69) is 15.3 Å². The lowest BCUT2D eigenvalue weighted by Gasteiger charge is -2.34. The second-order valence-electron chi connectivity index (χ2n) is 7.05. The standard InChI is InChI=1S/C19H25F3N6O3/c1-2-31-15(29)5-7-24-18(30)27-11-8-26(9-12-27)10-13-28-16-14(4-3-6-23-16)25-17(28)19(20,21)22/h3-4,6H,2,5,7-13H2,1H3,(H,24,30). The molecule has 0 saturated carbocycles. The Bertz CT molecular complexity index is 909. The fourth-order valence-electron chi connectivity index (χ4n) is 3.42. The van der Waals surface area contributed by atoms with Gasteiger partial charge in [-0.1, -0.05) is 0 Å². The van der Waals surface area contributed by atoms with E-state index in [9.17, 15) is 22.8 Å². The molecule has 2 aromatic heterocycles. The van der Waals surface area contributed by atoms with Gasteiger partial charge in [0.2, 0.25) is 5.82 Å². The first-order valence-electron chi connectivity index (χ1n) is 10.1. The minimum atomic E-state index is -4.57. The number of imidazole rings is 1. The summed E-state index contributed by atoms with van der Waals surface area (Å²) in [5.41, 5.74) is 0.411. The zero-order valence-electron chi connectivity index (χ0n) is 17.2. The van der Waals surface area contributed by atoms with Gasteiger partial charge in [0.25, 0.3) is 0 Å². The van der Waals surface area contributed by atoms with Crippen LogP contribution in [0.15, 0.2) is 18.3 Å². The topological polar surface area (TPSA) is 92.6 Å². The molecule has 0 bridgehead atoms. The molecule has 31 heavy (non-hydrogen) atoms. The van der Waals surface area contributed by atoms with Crippen molar-refractivity contribution < 1.29 is 27.5 Å². The van der Waals surface area contributed by atoms with E-state index in [0.717, 1.165) is 4.57 Å². The van der Waals surface area contributed by atoms with Gasteiger partial charge in [-0.25, -0.2) is 14.8 Å². The van der Waals surface area contributed by atoms with Crippen molar-refractivity contribution in [2.75, 3.05) is 45.9 Å². The van der Waals surface area contributed by atoms with Crippen molar-refractivity contribution in [3.05, 3.63) is 24.2 Å². The predicted molar refractivity (Wildman–Crippen MR) is 105 cm³/mol. The molecule has 3 rings (SSSR count). The smallest absolute Gasteiger partial charge is 0.449 e. The number of aromatic nitrogens is 3. The molecule has 12 heteroatoms. The van der Waals surface area contributed by atoms with Gasteiger partial charge in [-0.3, -0.25) is 9.69 Å². The Hall–Kier alpha value is -2.89. The monoisotopic (exact) mass is 442 g/mol. The van der Waals surface area contributed by atoms with Crippen LogP contribution in [0.5, 0.6) is 0 Å². The minimum absolute atomic E-state index is 0.0914. The second kappa shape index (κ2) is 9.94. The van der Waals surface area contributed by atoms with Crippen molar-refractivity contribution in [3.63, 3.8) is 0 Å². The highest BCUT2D eigenvalue weighted by atomic mass is 19.4. The number of esters is 1. The number of piperazine rings is 1. The normalized spacial score (nSPS) is 15.3. The van der Waals surface area contributed by atoms with Crippen molar-refractivity contribution in [1.82, 2.24) is 29.7 Å². The third kappa shape index (κ3) is 5.84. The molecule has 0 spiro atoms. The van der Waals surface area contributed by atoms with Gasteiger partial charge in [0, 0.05) is 52.0 Å². The van der Waals surface area contributed by atoms with Gasteiger partial charge in [-0.05, 0) is 19.1 Å². The fraction of sp³-hybridized carbons (Fsp3) is 0.579. The van der Waals surface area contributed by atoms with Crippen LogP contribution in [0, 0.1) is 0 Å². The fourth-order valence-corrected chi connectivity index (χ4v) is 3.42. The van der Waals surface area contributed by atoms with Gasteiger partial charge in [0.15, 0.2) is 5.65 Å². The maximum absolute atomic E-state index is 13.4. The molecule has 170 valence electrons. The Morgan fingerprint density at radius 3 is 2.61 bits per heavy atom. The van der Waals surface area contributed by atoms with E-state index >= 15 is 0 Å². The number of ether oxygens (including phenoxy) is 1. The average molecular weight is 442 g/mol. The lowest BCUT2D eigenvalue weighted by atomic mass is 10.3. The molecule has 1 N–H and O–H groups in total. The highest BCUT2D eigenvalue weighted by Gasteiger charge is 2.38. The van der Waals surface area contributed by atoms with E-state index in [1.165, 1.54) is 12.3 Å². The van der Waals surface area contributed by atoms with E-state index in [0.29, 0.717) is 39.3 Å². The van der Waals surface area contributed by atoms with Crippen LogP contribution in [0.2, 0.25) is 0 Å². The summed E-state index contributed by atoms with van der Waals surface area (Å²) in [6.07, 6.45) is -3.02. The summed E-state index contributed by atoms with van der Waals surface area (Å²) in [5.74, 6) is -1.33. The number of alkyl halides is 3. The molecule has 1 aliphatic heterocycles. The number of halogens is 3. The SMILES string of the molecule is CCOC(=O)CCNC(=O)N1CCN(CCn2c(C(F)(F)F)nc3cccnc32)CC1. The van der Waals surface area contributed by atoms with Crippen LogP contribution in [0.25, 0.3) is 11.2 Å². The van der Waals surface area contributed by atoms with Gasteiger partial charge in [0.1, 0.15) is 5.52 Å². The molecular formula is C19H25F3N6O3. The Kier molecular flexibility index (Phi) is 7.31. The third-order valence-electron chi connectivity index (χ3n) is 4.97. The molecule has 0 atom stereocenters. The van der Waals surface area contributed by atoms with E-state index < -0.39 is 12.0 Å². The average Bonchev–Trinajstić information content (AvgIpc) is 3.12. The zero-order chi connectivity index (χ0) is 22.4. The lowest BCUT2D eigenvalue weighted by molar-refractivity contribution is -0.147. The van der Waals surface area contributed by atoms with E-state index in [4.69, 9.17) is 4.74 Å². The summed E-state index contributed by atoms with van der Waals surface area (Å²) >= 11 is 0. The van der Waals surface area contributed by atoms with Crippen LogP contribution >= 0.6 is 0 Å². The highest BCUT2D eigenvalue weighted by Crippen LogP contribution is 2.30. The Labute approximate surface area is 177 Å². The Morgan fingerprint density at radius 2 is 1.94 bits per heavy atom. The molecule has 0 unspecified atom stereocenters. The maximum atomic E-state index is 13.4. The molecule has 9 nitrogen and oxygen atoms in total. The number of carbonyl (C=O) groups is 2. The number of hydrogen-bond donors (Lipinski definition) is 1. The molecule has 2 amide bonds. The quantitative estimate of drug-likeness (QED) is 0.657. The Balaban J connectivity index is 1.50. The van der Waals surface area contributed by atoms with Crippen molar-refractivity contribution in [3.8, 4) is 0 Å². The van der Waals surface area contributed by atoms with Crippen LogP contribution in [0.3, 0.4) is 0 Å². The zero-order valence-corrected chi connectivity index (χ0v) is 17.2. The number of urea groups is 1. The highest BCUT2D eigenvalue weighted by molar-refractivity contribution is 5.75. The summed E-state index contributed by atoms with van der Waals surface area (Å²) in [6, 6.07) is 2.79. The molecule has 1 aliphatic rings. The summed E-state index contributed by atoms with van der Waals surface area (Å²) in [7, 11) is 0. The number of carbonyl (C=O) groups excluding carboxylic acids is 2. The summed E-state index contributed by atoms with van der Waals surface area (Å²) < 4.78 is 46.1. The maximum Gasteiger partial charge on any atom is 0.449 e. The number of nitrogens with one attached hydrogen (secondary N) is 1. The number of hydrogen-bond acceptors (Lipinski definition) is 6. The first-order chi connectivity index (χ1) is 14.8. The number of fused-ring (bicyclic) bond motifs is 1. The van der Waals surface area contributed by atoms with Crippen LogP contribution < -0.4 is 5.32 Å². The molecule has 0 aliphatic carbocycles. The summed E-state index contributed by atoms with van der Waals surface area (Å²) in [6.45, 7) is 4.63. The Morgan fingerprint density at radius 1 is 1.19 bits per heavy atom. The van der Waals surface area contributed by atoms with Crippen molar-refractivity contribution in [2.24, 2.45) is 0 Å².